The molecule has 0 aromatic rings. The van der Waals surface area contributed by atoms with Gasteiger partial charge in [-0.2, -0.15) is 0 Å². The van der Waals surface area contributed by atoms with E-state index in [0.29, 0.717) is 0 Å². The Labute approximate surface area is 51.1 Å². The molecule has 0 unspecified atom stereocenters. The summed E-state index contributed by atoms with van der Waals surface area (Å²) in [7, 11) is 1.88. The van der Waals surface area contributed by atoms with Crippen molar-refractivity contribution in [1.29, 1.82) is 0 Å². The molecule has 46 valence electrons. The maximum absolute atomic E-state index is 3.77. The van der Waals surface area contributed by atoms with Gasteiger partial charge in [0.25, 0.3) is 0 Å². The third kappa shape index (κ3) is 2.45. The number of rotatable bonds is 2. The Balaban J connectivity index is 3.80. The maximum atomic E-state index is 3.77. The van der Waals surface area contributed by atoms with Crippen molar-refractivity contribution >= 4 is 0 Å². The van der Waals surface area contributed by atoms with Crippen LogP contribution in [0.1, 0.15) is 13.8 Å². The summed E-state index contributed by atoms with van der Waals surface area (Å²) in [6.45, 7) is 7.78. The second-order valence-corrected chi connectivity index (χ2v) is 1.90. The van der Waals surface area contributed by atoms with Gasteiger partial charge in [-0.1, -0.05) is 12.2 Å². The number of hydrogen-bond acceptors (Lipinski definition) is 1. The van der Waals surface area contributed by atoms with Gasteiger partial charge in [0.2, 0.25) is 0 Å². The largest absolute Gasteiger partial charge is 0.394 e. The molecule has 0 fully saturated rings. The van der Waals surface area contributed by atoms with E-state index in [2.05, 4.69) is 11.9 Å². The molecule has 0 aliphatic rings. The Hall–Kier alpha value is -0.720. The standard InChI is InChI=1S/C7H13N/c1-6(2)7(3)5-8-4/h5,8H,1H2,2-4H3/b7-5-. The predicted octanol–water partition coefficient (Wildman–Crippen LogP) is 1.69. The third-order valence-corrected chi connectivity index (χ3v) is 1.03. The van der Waals surface area contributed by atoms with Crippen LogP contribution >= 0.6 is 0 Å². The first-order chi connectivity index (χ1) is 3.68. The summed E-state index contributed by atoms with van der Waals surface area (Å²) in [5.74, 6) is 0. The lowest BCUT2D eigenvalue weighted by atomic mass is 10.2. The Morgan fingerprint density at radius 1 is 1.50 bits per heavy atom. The molecule has 0 spiro atoms. The predicted molar refractivity (Wildman–Crippen MR) is 37.6 cm³/mol. The second-order valence-electron chi connectivity index (χ2n) is 1.90. The van der Waals surface area contributed by atoms with Crippen LogP contribution in [0.3, 0.4) is 0 Å². The van der Waals surface area contributed by atoms with Crippen molar-refractivity contribution in [1.82, 2.24) is 5.32 Å². The Bertz CT molecular complexity index is 112. The molecule has 1 heteroatoms. The van der Waals surface area contributed by atoms with Crippen molar-refractivity contribution in [3.05, 3.63) is 23.9 Å². The molecule has 1 nitrogen and oxygen atoms in total. The number of nitrogens with one attached hydrogen (secondary N) is 1. The molecular formula is C7H13N. The van der Waals surface area contributed by atoms with Crippen molar-refractivity contribution in [3.8, 4) is 0 Å². The van der Waals surface area contributed by atoms with Gasteiger partial charge < -0.3 is 5.32 Å². The molecule has 0 amide bonds. The number of allylic oxidation sites excluding steroid dienone is 2. The average molecular weight is 111 g/mol. The van der Waals surface area contributed by atoms with Crippen LogP contribution in [0.2, 0.25) is 0 Å². The first-order valence-electron chi connectivity index (χ1n) is 2.68. The highest BCUT2D eigenvalue weighted by atomic mass is 14.8. The van der Waals surface area contributed by atoms with Gasteiger partial charge in [0.05, 0.1) is 0 Å². The molecule has 0 saturated carbocycles. The molecule has 0 aliphatic heterocycles. The Morgan fingerprint density at radius 2 is 2.00 bits per heavy atom. The van der Waals surface area contributed by atoms with Crippen molar-refractivity contribution in [2.24, 2.45) is 0 Å². The molecule has 0 rings (SSSR count). The summed E-state index contributed by atoms with van der Waals surface area (Å²) in [6.07, 6.45) is 1.93. The van der Waals surface area contributed by atoms with Crippen LogP contribution in [-0.2, 0) is 0 Å². The monoisotopic (exact) mass is 111 g/mol. The highest BCUT2D eigenvalue weighted by molar-refractivity contribution is 5.22. The van der Waals surface area contributed by atoms with Gasteiger partial charge in [-0.15, -0.1) is 0 Å². The number of hydrogen-bond donors (Lipinski definition) is 1. The fourth-order valence-corrected chi connectivity index (χ4v) is 0.340. The summed E-state index contributed by atoms with van der Waals surface area (Å²) in [5, 5.41) is 2.93. The van der Waals surface area contributed by atoms with E-state index >= 15 is 0 Å². The molecule has 0 radical (unpaired) electrons. The van der Waals surface area contributed by atoms with E-state index in [-0.39, 0.29) is 0 Å². The quantitative estimate of drug-likeness (QED) is 0.535. The second kappa shape index (κ2) is 3.30. The zero-order valence-corrected chi connectivity index (χ0v) is 5.78. The first kappa shape index (κ1) is 7.28. The van der Waals surface area contributed by atoms with E-state index < -0.39 is 0 Å². The fraction of sp³-hybridized carbons (Fsp3) is 0.429. The topological polar surface area (TPSA) is 12.0 Å². The van der Waals surface area contributed by atoms with E-state index in [1.165, 1.54) is 5.57 Å². The summed E-state index contributed by atoms with van der Waals surface area (Å²) in [5.41, 5.74) is 2.31. The third-order valence-electron chi connectivity index (χ3n) is 1.03. The van der Waals surface area contributed by atoms with Crippen LogP contribution in [-0.4, -0.2) is 7.05 Å². The van der Waals surface area contributed by atoms with Crippen LogP contribution < -0.4 is 5.32 Å². The highest BCUT2D eigenvalue weighted by Gasteiger charge is 1.83. The lowest BCUT2D eigenvalue weighted by molar-refractivity contribution is 1.07. The molecular weight excluding hydrogens is 98.1 g/mol. The van der Waals surface area contributed by atoms with E-state index in [0.717, 1.165) is 5.57 Å². The Kier molecular flexibility index (Phi) is 3.01. The zero-order valence-electron chi connectivity index (χ0n) is 5.78. The van der Waals surface area contributed by atoms with Crippen LogP contribution in [0.25, 0.3) is 0 Å². The molecule has 0 aliphatic carbocycles. The smallest absolute Gasteiger partial charge is 0.00278 e. The lowest BCUT2D eigenvalue weighted by Crippen LogP contribution is -1.94. The van der Waals surface area contributed by atoms with E-state index in [1.807, 2.05) is 27.1 Å². The van der Waals surface area contributed by atoms with Crippen molar-refractivity contribution in [2.75, 3.05) is 7.05 Å². The molecule has 0 saturated heterocycles. The molecule has 1 N–H and O–H groups in total. The Morgan fingerprint density at radius 3 is 2.12 bits per heavy atom. The first-order valence-corrected chi connectivity index (χ1v) is 2.68. The van der Waals surface area contributed by atoms with Crippen molar-refractivity contribution in [3.63, 3.8) is 0 Å². The minimum atomic E-state index is 1.11. The molecule has 0 atom stereocenters. The fourth-order valence-electron chi connectivity index (χ4n) is 0.340. The van der Waals surface area contributed by atoms with Gasteiger partial charge in [0.1, 0.15) is 0 Å². The minimum absolute atomic E-state index is 1.11. The van der Waals surface area contributed by atoms with Crippen molar-refractivity contribution in [2.45, 2.75) is 13.8 Å². The van der Waals surface area contributed by atoms with Gasteiger partial charge >= 0.3 is 0 Å². The highest BCUT2D eigenvalue weighted by Crippen LogP contribution is 2.01. The van der Waals surface area contributed by atoms with Gasteiger partial charge in [-0.05, 0) is 25.6 Å². The average Bonchev–Trinajstić information content (AvgIpc) is 1.67. The summed E-state index contributed by atoms with van der Waals surface area (Å²) in [4.78, 5) is 0. The molecule has 8 heavy (non-hydrogen) atoms. The van der Waals surface area contributed by atoms with Crippen LogP contribution in [0.4, 0.5) is 0 Å². The van der Waals surface area contributed by atoms with Crippen LogP contribution in [0.5, 0.6) is 0 Å². The van der Waals surface area contributed by atoms with Crippen LogP contribution in [0.15, 0.2) is 23.9 Å². The van der Waals surface area contributed by atoms with Crippen molar-refractivity contribution < 1.29 is 0 Å². The van der Waals surface area contributed by atoms with E-state index in [4.69, 9.17) is 0 Å². The summed E-state index contributed by atoms with van der Waals surface area (Å²) >= 11 is 0. The molecule has 0 heterocycles. The molecule has 0 bridgehead atoms. The SMILES string of the molecule is C=C(C)/C(C)=C\NC. The summed E-state index contributed by atoms with van der Waals surface area (Å²) < 4.78 is 0. The van der Waals surface area contributed by atoms with Gasteiger partial charge in [0.15, 0.2) is 0 Å². The normalized spacial score (nSPS) is 11.1. The van der Waals surface area contributed by atoms with Gasteiger partial charge in [-0.25, -0.2) is 0 Å². The molecule has 0 aromatic carbocycles. The van der Waals surface area contributed by atoms with E-state index in [1.54, 1.807) is 0 Å². The van der Waals surface area contributed by atoms with Gasteiger partial charge in [-0.3, -0.25) is 0 Å². The minimum Gasteiger partial charge on any atom is -0.394 e. The lowest BCUT2D eigenvalue weighted by Gasteiger charge is -1.95. The molecule has 0 aromatic heterocycles. The summed E-state index contributed by atoms with van der Waals surface area (Å²) in [6, 6.07) is 0. The van der Waals surface area contributed by atoms with Crippen LogP contribution in [0, 0.1) is 0 Å². The van der Waals surface area contributed by atoms with E-state index in [9.17, 15) is 0 Å². The zero-order chi connectivity index (χ0) is 6.57. The van der Waals surface area contributed by atoms with Gasteiger partial charge in [0, 0.05) is 7.05 Å². The maximum Gasteiger partial charge on any atom is 0.00278 e.